The molecule has 2 aromatic carbocycles. The molecule has 0 atom stereocenters. The number of nitrogens with zero attached hydrogens (tertiary/aromatic N) is 3. The van der Waals surface area contributed by atoms with E-state index in [1.54, 1.807) is 43.0 Å². The van der Waals surface area contributed by atoms with Crippen molar-refractivity contribution in [3.63, 3.8) is 0 Å². The van der Waals surface area contributed by atoms with Crippen LogP contribution in [0.25, 0.3) is 0 Å². The van der Waals surface area contributed by atoms with Gasteiger partial charge in [-0.25, -0.2) is 4.79 Å². The van der Waals surface area contributed by atoms with Crippen molar-refractivity contribution < 1.29 is 32.6 Å². The van der Waals surface area contributed by atoms with E-state index in [4.69, 9.17) is 27.3 Å². The van der Waals surface area contributed by atoms with Crippen molar-refractivity contribution in [1.82, 2.24) is 4.90 Å². The molecule has 1 fully saturated rings. The number of hydrogen-bond acceptors (Lipinski definition) is 5. The molecule has 1 aliphatic heterocycles. The van der Waals surface area contributed by atoms with Gasteiger partial charge < -0.3 is 14.7 Å². The van der Waals surface area contributed by atoms with Gasteiger partial charge in [-0.15, -0.1) is 0 Å². The number of aliphatic carboxylic acids is 1. The summed E-state index contributed by atoms with van der Waals surface area (Å²) in [7, 11) is 0. The largest absolute Gasteiger partial charge is 0.482 e. The Morgan fingerprint density at radius 2 is 1.85 bits per heavy atom. The van der Waals surface area contributed by atoms with Gasteiger partial charge >= 0.3 is 12.1 Å². The first-order chi connectivity index (χ1) is 15.4. The second-order valence-electron chi connectivity index (χ2n) is 7.73. The van der Waals surface area contributed by atoms with Crippen LogP contribution in [0.4, 0.5) is 18.9 Å². The van der Waals surface area contributed by atoms with Gasteiger partial charge in [0.1, 0.15) is 11.3 Å². The molecule has 11 heteroatoms. The van der Waals surface area contributed by atoms with Crippen molar-refractivity contribution in [3.8, 4) is 11.8 Å². The summed E-state index contributed by atoms with van der Waals surface area (Å²) >= 11 is 5.46. The van der Waals surface area contributed by atoms with Crippen LogP contribution < -0.4 is 9.64 Å². The number of ether oxygens (including phenoxy) is 1. The molecule has 1 aliphatic rings. The lowest BCUT2D eigenvalue weighted by atomic mass is 10.0. The van der Waals surface area contributed by atoms with Crippen LogP contribution >= 0.6 is 12.2 Å². The van der Waals surface area contributed by atoms with Gasteiger partial charge in [-0.2, -0.15) is 18.4 Å². The summed E-state index contributed by atoms with van der Waals surface area (Å²) in [5.74, 6) is -1.27. The fourth-order valence-corrected chi connectivity index (χ4v) is 3.83. The van der Waals surface area contributed by atoms with Gasteiger partial charge in [-0.3, -0.25) is 9.69 Å². The van der Waals surface area contributed by atoms with Crippen LogP contribution in [0.2, 0.25) is 0 Å². The molecule has 2 aromatic rings. The number of rotatable bonds is 6. The number of carboxylic acids is 1. The first-order valence-corrected chi connectivity index (χ1v) is 9.98. The fourth-order valence-electron chi connectivity index (χ4n) is 3.35. The minimum absolute atomic E-state index is 0.0223. The highest BCUT2D eigenvalue weighted by Gasteiger charge is 2.49. The van der Waals surface area contributed by atoms with Gasteiger partial charge in [-0.1, -0.05) is 12.1 Å². The maximum atomic E-state index is 13.4. The number of amides is 1. The Morgan fingerprint density at radius 3 is 2.39 bits per heavy atom. The standard InChI is InChI=1S/C22H18F3N3O4S/c1-21(2)19(31)28(15-6-5-14(10-26)17(9-15)22(23,24)25)20(33)27(21)11-13-3-7-16(8-4-13)32-12-18(29)30/h3-9H,11-12H2,1-2H3,(H,29,30). The number of carbonyl (C=O) groups is 2. The second-order valence-corrected chi connectivity index (χ2v) is 8.10. The number of halogens is 3. The third-order valence-corrected chi connectivity index (χ3v) is 5.54. The summed E-state index contributed by atoms with van der Waals surface area (Å²) in [5, 5.41) is 17.7. The zero-order valence-electron chi connectivity index (χ0n) is 17.5. The Bertz CT molecular complexity index is 1160. The molecule has 0 aliphatic carbocycles. The molecule has 0 unspecified atom stereocenters. The fraction of sp³-hybridized carbons (Fsp3) is 0.273. The molecule has 172 valence electrons. The Balaban J connectivity index is 1.89. The van der Waals surface area contributed by atoms with Gasteiger partial charge in [0, 0.05) is 6.54 Å². The molecule has 1 heterocycles. The van der Waals surface area contributed by atoms with Crippen molar-refractivity contribution in [2.75, 3.05) is 11.5 Å². The molecule has 0 bridgehead atoms. The second kappa shape index (κ2) is 8.71. The predicted molar refractivity (Wildman–Crippen MR) is 115 cm³/mol. The van der Waals surface area contributed by atoms with E-state index in [0.717, 1.165) is 22.6 Å². The lowest BCUT2D eigenvalue weighted by molar-refractivity contribution is -0.139. The summed E-state index contributed by atoms with van der Waals surface area (Å²) in [5.41, 5.74) is -2.21. The zero-order valence-corrected chi connectivity index (χ0v) is 18.3. The Morgan fingerprint density at radius 1 is 1.21 bits per heavy atom. The number of nitriles is 1. The van der Waals surface area contributed by atoms with Crippen molar-refractivity contribution >= 4 is 34.9 Å². The van der Waals surface area contributed by atoms with E-state index in [2.05, 4.69) is 0 Å². The van der Waals surface area contributed by atoms with E-state index in [1.165, 1.54) is 12.1 Å². The van der Waals surface area contributed by atoms with E-state index >= 15 is 0 Å². The molecule has 1 N–H and O–H groups in total. The van der Waals surface area contributed by atoms with Crippen molar-refractivity contribution in [2.24, 2.45) is 0 Å². The summed E-state index contributed by atoms with van der Waals surface area (Å²) < 4.78 is 45.3. The van der Waals surface area contributed by atoms with Crippen LogP contribution in [0.15, 0.2) is 42.5 Å². The minimum atomic E-state index is -4.77. The topological polar surface area (TPSA) is 93.9 Å². The number of anilines is 1. The third-order valence-electron chi connectivity index (χ3n) is 5.14. The van der Waals surface area contributed by atoms with Gasteiger partial charge in [0.2, 0.25) is 0 Å². The van der Waals surface area contributed by atoms with Gasteiger partial charge in [0.15, 0.2) is 11.7 Å². The average Bonchev–Trinajstić information content (AvgIpc) is 2.91. The highest BCUT2D eigenvalue weighted by atomic mass is 32.1. The van der Waals surface area contributed by atoms with E-state index in [9.17, 15) is 22.8 Å². The maximum absolute atomic E-state index is 13.4. The minimum Gasteiger partial charge on any atom is -0.482 e. The number of benzene rings is 2. The quantitative estimate of drug-likeness (QED) is 0.630. The average molecular weight is 477 g/mol. The van der Waals surface area contributed by atoms with E-state index < -0.39 is 41.3 Å². The lowest BCUT2D eigenvalue weighted by Crippen LogP contribution is -2.43. The van der Waals surface area contributed by atoms with Crippen LogP contribution in [0, 0.1) is 11.3 Å². The van der Waals surface area contributed by atoms with Crippen LogP contribution in [-0.4, -0.2) is 39.1 Å². The number of thiocarbonyl (C=S) groups is 1. The Hall–Kier alpha value is -3.65. The number of hydrogen-bond donors (Lipinski definition) is 1. The highest BCUT2D eigenvalue weighted by Crippen LogP contribution is 2.38. The van der Waals surface area contributed by atoms with Gasteiger partial charge in [0.05, 0.1) is 22.9 Å². The van der Waals surface area contributed by atoms with Gasteiger partial charge in [-0.05, 0) is 62.0 Å². The Kier molecular flexibility index (Phi) is 6.33. The number of carbonyl (C=O) groups excluding carboxylic acids is 1. The summed E-state index contributed by atoms with van der Waals surface area (Å²) in [6.45, 7) is 2.91. The van der Waals surface area contributed by atoms with E-state index in [-0.39, 0.29) is 17.3 Å². The molecule has 7 nitrogen and oxygen atoms in total. The molecular weight excluding hydrogens is 459 g/mol. The van der Waals surface area contributed by atoms with E-state index in [1.807, 2.05) is 0 Å². The summed E-state index contributed by atoms with van der Waals surface area (Å²) in [6, 6.07) is 11.0. The number of carboxylic acid groups (broad SMARTS) is 1. The van der Waals surface area contributed by atoms with Crippen molar-refractivity contribution in [3.05, 3.63) is 59.2 Å². The van der Waals surface area contributed by atoms with Crippen LogP contribution in [0.1, 0.15) is 30.5 Å². The first-order valence-electron chi connectivity index (χ1n) is 9.57. The highest BCUT2D eigenvalue weighted by molar-refractivity contribution is 7.80. The molecule has 0 radical (unpaired) electrons. The smallest absolute Gasteiger partial charge is 0.417 e. The molecule has 1 amide bonds. The SMILES string of the molecule is CC1(C)C(=O)N(c2ccc(C#N)c(C(F)(F)F)c2)C(=S)N1Cc1ccc(OCC(=O)O)cc1. The van der Waals surface area contributed by atoms with Crippen LogP contribution in [-0.2, 0) is 22.3 Å². The Labute approximate surface area is 192 Å². The normalized spacial score (nSPS) is 15.5. The number of alkyl halides is 3. The summed E-state index contributed by atoms with van der Waals surface area (Å²) in [6.07, 6.45) is -4.77. The molecule has 0 saturated carbocycles. The van der Waals surface area contributed by atoms with Crippen LogP contribution in [0.3, 0.4) is 0 Å². The zero-order chi connectivity index (χ0) is 24.6. The first kappa shape index (κ1) is 24.0. The third kappa shape index (κ3) is 4.75. The van der Waals surface area contributed by atoms with Gasteiger partial charge in [0.25, 0.3) is 5.91 Å². The molecule has 3 rings (SSSR count). The molecular formula is C22H18F3N3O4S. The monoisotopic (exact) mass is 477 g/mol. The van der Waals surface area contributed by atoms with Crippen molar-refractivity contribution in [2.45, 2.75) is 32.1 Å². The molecule has 33 heavy (non-hydrogen) atoms. The maximum Gasteiger partial charge on any atom is 0.417 e. The summed E-state index contributed by atoms with van der Waals surface area (Å²) in [4.78, 5) is 26.4. The van der Waals surface area contributed by atoms with E-state index in [0.29, 0.717) is 5.75 Å². The van der Waals surface area contributed by atoms with Crippen molar-refractivity contribution in [1.29, 1.82) is 5.26 Å². The molecule has 1 saturated heterocycles. The molecule has 0 spiro atoms. The predicted octanol–water partition coefficient (Wildman–Crippen LogP) is 3.95. The lowest BCUT2D eigenvalue weighted by Gasteiger charge is -2.29. The molecule has 0 aromatic heterocycles. The van der Waals surface area contributed by atoms with Crippen LogP contribution in [0.5, 0.6) is 5.75 Å².